The molecular weight excluding hydrogens is 292 g/mol. The molecule has 0 bridgehead atoms. The molecule has 2 aromatic carbocycles. The highest BCUT2D eigenvalue weighted by atomic mass is 28.4. The van der Waals surface area contributed by atoms with E-state index in [2.05, 4.69) is 45.0 Å². The molecule has 0 fully saturated rings. The fourth-order valence-corrected chi connectivity index (χ4v) is 7.29. The fraction of sp³-hybridized carbons (Fsp3) is 0.278. The van der Waals surface area contributed by atoms with E-state index in [1.54, 1.807) is 0 Å². The van der Waals surface area contributed by atoms with Crippen molar-refractivity contribution >= 4 is 25.2 Å². The maximum Gasteiger partial charge on any atom is 0.419 e. The smallest absolute Gasteiger partial charge is 0.419 e. The number of hydrogen-bond acceptors (Lipinski definition) is 3. The van der Waals surface area contributed by atoms with Crippen molar-refractivity contribution in [1.29, 1.82) is 0 Å². The van der Waals surface area contributed by atoms with Crippen molar-refractivity contribution in [2.24, 2.45) is 0 Å². The van der Waals surface area contributed by atoms with Crippen LogP contribution in [0.3, 0.4) is 0 Å². The number of rotatable bonds is 6. The maximum atomic E-state index is 10.4. The van der Waals surface area contributed by atoms with Crippen molar-refractivity contribution in [2.75, 3.05) is 6.79 Å². The van der Waals surface area contributed by atoms with Gasteiger partial charge in [0.25, 0.3) is 8.32 Å². The first-order chi connectivity index (χ1) is 10.5. The second-order valence-electron chi connectivity index (χ2n) is 6.15. The molecule has 115 valence electrons. The highest BCUT2D eigenvalue weighted by Gasteiger charge is 2.50. The number of ether oxygens (including phenoxy) is 1. The lowest BCUT2D eigenvalue weighted by atomic mass is 10.2. The van der Waals surface area contributed by atoms with Gasteiger partial charge in [0.1, 0.15) is 0 Å². The van der Waals surface area contributed by atoms with Gasteiger partial charge in [-0.1, -0.05) is 81.4 Å². The van der Waals surface area contributed by atoms with Gasteiger partial charge >= 0.3 is 6.47 Å². The van der Waals surface area contributed by atoms with Crippen LogP contribution in [-0.4, -0.2) is 21.6 Å². The van der Waals surface area contributed by atoms with Crippen molar-refractivity contribution in [3.63, 3.8) is 0 Å². The molecule has 0 spiro atoms. The molecule has 0 heterocycles. The van der Waals surface area contributed by atoms with Crippen LogP contribution in [0.4, 0.5) is 0 Å². The third kappa shape index (κ3) is 3.13. The molecule has 0 N–H and O–H groups in total. The number of carbonyl (C=O) groups excluding carboxylic acids is 1. The minimum Gasteiger partial charge on any atom is -0.431 e. The predicted molar refractivity (Wildman–Crippen MR) is 90.4 cm³/mol. The average Bonchev–Trinajstić information content (AvgIpc) is 2.52. The molecule has 0 amide bonds. The lowest BCUT2D eigenvalue weighted by Crippen LogP contribution is -2.66. The van der Waals surface area contributed by atoms with Gasteiger partial charge in [0, 0.05) is 0 Å². The molecule has 1 radical (unpaired) electrons. The summed E-state index contributed by atoms with van der Waals surface area (Å²) in [4.78, 5) is 10.4. The predicted octanol–water partition coefficient (Wildman–Crippen LogP) is 2.60. The minimum atomic E-state index is -2.59. The highest BCUT2D eigenvalue weighted by molar-refractivity contribution is 6.99. The van der Waals surface area contributed by atoms with Gasteiger partial charge < -0.3 is 9.16 Å². The Morgan fingerprint density at radius 3 is 1.73 bits per heavy atom. The van der Waals surface area contributed by atoms with E-state index >= 15 is 0 Å². The van der Waals surface area contributed by atoms with Gasteiger partial charge in [-0.05, 0) is 15.4 Å². The quantitative estimate of drug-likeness (QED) is 0.467. The number of hydrogen-bond donors (Lipinski definition) is 0. The molecule has 0 unspecified atom stereocenters. The Hall–Kier alpha value is -1.91. The van der Waals surface area contributed by atoms with Crippen LogP contribution in [0.15, 0.2) is 60.7 Å². The summed E-state index contributed by atoms with van der Waals surface area (Å²) in [6.07, 6.45) is 0. The molecule has 2 rings (SSSR count). The maximum absolute atomic E-state index is 10.4. The van der Waals surface area contributed by atoms with Crippen LogP contribution in [0.2, 0.25) is 5.04 Å². The molecule has 3 nitrogen and oxygen atoms in total. The monoisotopic (exact) mass is 313 g/mol. The molecule has 0 aliphatic rings. The molecule has 4 heteroatoms. The molecule has 0 aliphatic carbocycles. The third-order valence-electron chi connectivity index (χ3n) is 3.81. The van der Waals surface area contributed by atoms with Crippen molar-refractivity contribution in [2.45, 2.75) is 25.8 Å². The summed E-state index contributed by atoms with van der Waals surface area (Å²) < 4.78 is 11.0. The molecule has 0 saturated carbocycles. The topological polar surface area (TPSA) is 35.5 Å². The first-order valence-electron chi connectivity index (χ1n) is 7.26. The summed E-state index contributed by atoms with van der Waals surface area (Å²) in [5, 5.41) is 2.19. The fourth-order valence-electron chi connectivity index (χ4n) is 2.90. The summed E-state index contributed by atoms with van der Waals surface area (Å²) in [7, 11) is -2.59. The zero-order valence-electron chi connectivity index (χ0n) is 13.2. The van der Waals surface area contributed by atoms with E-state index in [0.717, 1.165) is 10.4 Å². The Kier molecular flexibility index (Phi) is 5.16. The van der Waals surface area contributed by atoms with Gasteiger partial charge in [0.15, 0.2) is 6.79 Å². The van der Waals surface area contributed by atoms with E-state index in [1.165, 1.54) is 6.47 Å². The van der Waals surface area contributed by atoms with Crippen molar-refractivity contribution < 1.29 is 14.0 Å². The first-order valence-corrected chi connectivity index (χ1v) is 9.17. The summed E-state index contributed by atoms with van der Waals surface area (Å²) in [5.74, 6) is 0. The highest BCUT2D eigenvalue weighted by Crippen LogP contribution is 2.36. The second-order valence-corrected chi connectivity index (χ2v) is 10.5. The van der Waals surface area contributed by atoms with Gasteiger partial charge in [-0.15, -0.1) is 0 Å². The lowest BCUT2D eigenvalue weighted by Gasteiger charge is -2.42. The van der Waals surface area contributed by atoms with Crippen LogP contribution in [0, 0.1) is 0 Å². The van der Waals surface area contributed by atoms with Crippen LogP contribution >= 0.6 is 0 Å². The number of benzene rings is 2. The lowest BCUT2D eigenvalue weighted by molar-refractivity contribution is 0.0956. The molecule has 22 heavy (non-hydrogen) atoms. The molecule has 0 aromatic heterocycles. The van der Waals surface area contributed by atoms with E-state index in [1.807, 2.05) is 36.4 Å². The van der Waals surface area contributed by atoms with Crippen LogP contribution in [0.5, 0.6) is 0 Å². The van der Waals surface area contributed by atoms with Crippen molar-refractivity contribution in [1.82, 2.24) is 0 Å². The molecule has 0 atom stereocenters. The van der Waals surface area contributed by atoms with E-state index < -0.39 is 8.32 Å². The zero-order chi connectivity index (χ0) is 16.1. The van der Waals surface area contributed by atoms with Crippen molar-refractivity contribution in [3.8, 4) is 0 Å². The standard InChI is InChI=1S/C18H21O3Si/c1-18(2,3)22(21-15-20-14-19,16-10-6-4-7-11-16)17-12-8-5-9-13-17/h4-13H,15H2,1-3H3. The Bertz CT molecular complexity index is 551. The van der Waals surface area contributed by atoms with E-state index in [0.29, 0.717) is 0 Å². The second kappa shape index (κ2) is 6.90. The summed E-state index contributed by atoms with van der Waals surface area (Å²) in [6.45, 7) is 7.87. The molecule has 0 aliphatic heterocycles. The largest absolute Gasteiger partial charge is 0.431 e. The zero-order valence-corrected chi connectivity index (χ0v) is 14.2. The Labute approximate surface area is 133 Å². The van der Waals surface area contributed by atoms with Gasteiger partial charge in [0.05, 0.1) is 0 Å². The van der Waals surface area contributed by atoms with Crippen LogP contribution in [0.25, 0.3) is 0 Å². The first kappa shape index (κ1) is 16.5. The van der Waals surface area contributed by atoms with Gasteiger partial charge in [-0.25, -0.2) is 4.79 Å². The molecule has 2 aromatic rings. The van der Waals surface area contributed by atoms with E-state index in [4.69, 9.17) is 9.16 Å². The molecule has 0 saturated heterocycles. The van der Waals surface area contributed by atoms with Crippen LogP contribution in [0.1, 0.15) is 20.8 Å². The van der Waals surface area contributed by atoms with Crippen LogP contribution < -0.4 is 10.4 Å². The molecular formula is C18H21O3Si. The summed E-state index contributed by atoms with van der Waals surface area (Å²) >= 11 is 0. The summed E-state index contributed by atoms with van der Waals surface area (Å²) in [5.41, 5.74) is 0. The third-order valence-corrected chi connectivity index (χ3v) is 8.77. The van der Waals surface area contributed by atoms with E-state index in [9.17, 15) is 4.79 Å². The normalized spacial score (nSPS) is 12.0. The van der Waals surface area contributed by atoms with E-state index in [-0.39, 0.29) is 11.8 Å². The Morgan fingerprint density at radius 1 is 0.909 bits per heavy atom. The average molecular weight is 313 g/mol. The summed E-state index contributed by atoms with van der Waals surface area (Å²) in [6, 6.07) is 20.4. The van der Waals surface area contributed by atoms with Crippen LogP contribution in [-0.2, 0) is 14.0 Å². The Morgan fingerprint density at radius 2 is 1.36 bits per heavy atom. The van der Waals surface area contributed by atoms with Gasteiger partial charge in [-0.3, -0.25) is 0 Å². The Balaban J connectivity index is 2.61. The van der Waals surface area contributed by atoms with Gasteiger partial charge in [0.2, 0.25) is 0 Å². The van der Waals surface area contributed by atoms with Gasteiger partial charge in [-0.2, -0.15) is 0 Å². The minimum absolute atomic E-state index is 0.0865. The van der Waals surface area contributed by atoms with Crippen molar-refractivity contribution in [3.05, 3.63) is 60.7 Å². The SMILES string of the molecule is CC(C)(C)[Si](OCO[C]=O)(c1ccccc1)c1ccccc1.